The second-order valence-corrected chi connectivity index (χ2v) is 6.82. The molecule has 1 rings (SSSR count). The molecule has 1 aromatic rings. The van der Waals surface area contributed by atoms with Crippen LogP contribution in [-0.2, 0) is 19.7 Å². The van der Waals surface area contributed by atoms with E-state index in [2.05, 4.69) is 10.6 Å². The van der Waals surface area contributed by atoms with Crippen LogP contribution in [0.4, 0.5) is 4.79 Å². The van der Waals surface area contributed by atoms with Gasteiger partial charge < -0.3 is 10.1 Å². The van der Waals surface area contributed by atoms with Gasteiger partial charge in [0.1, 0.15) is 0 Å². The molecule has 3 amide bonds. The number of carbonyl (C=O) groups excluding carboxylic acids is 3. The molecule has 0 saturated heterocycles. The van der Waals surface area contributed by atoms with Crippen LogP contribution in [0.15, 0.2) is 30.3 Å². The SMILES string of the molecule is CC(C)(C)NC(=O)NC(=O)COC(=O)C(C)(C)c1ccccc1. The van der Waals surface area contributed by atoms with Gasteiger partial charge in [-0.25, -0.2) is 4.79 Å². The molecule has 126 valence electrons. The van der Waals surface area contributed by atoms with Crippen LogP contribution in [0.1, 0.15) is 40.2 Å². The highest BCUT2D eigenvalue weighted by atomic mass is 16.5. The third-order valence-electron chi connectivity index (χ3n) is 3.08. The molecule has 1 aromatic carbocycles. The minimum Gasteiger partial charge on any atom is -0.455 e. The van der Waals surface area contributed by atoms with Gasteiger partial charge in [0.15, 0.2) is 6.61 Å². The number of hydrogen-bond donors (Lipinski definition) is 2. The third-order valence-corrected chi connectivity index (χ3v) is 3.08. The topological polar surface area (TPSA) is 84.5 Å². The van der Waals surface area contributed by atoms with Crippen molar-refractivity contribution in [2.45, 2.75) is 45.6 Å². The molecule has 23 heavy (non-hydrogen) atoms. The van der Waals surface area contributed by atoms with Gasteiger partial charge in [-0.2, -0.15) is 0 Å². The smallest absolute Gasteiger partial charge is 0.321 e. The minimum atomic E-state index is -0.880. The average molecular weight is 320 g/mol. The normalized spacial score (nSPS) is 11.5. The summed E-state index contributed by atoms with van der Waals surface area (Å²) < 4.78 is 5.02. The summed E-state index contributed by atoms with van der Waals surface area (Å²) in [7, 11) is 0. The van der Waals surface area contributed by atoms with E-state index in [1.54, 1.807) is 34.6 Å². The summed E-state index contributed by atoms with van der Waals surface area (Å²) in [4.78, 5) is 35.4. The predicted molar refractivity (Wildman–Crippen MR) is 86.9 cm³/mol. The monoisotopic (exact) mass is 320 g/mol. The van der Waals surface area contributed by atoms with E-state index >= 15 is 0 Å². The summed E-state index contributed by atoms with van der Waals surface area (Å²) in [5.74, 6) is -1.21. The Bertz CT molecular complexity index is 574. The Balaban J connectivity index is 2.53. The maximum Gasteiger partial charge on any atom is 0.321 e. The molecule has 6 heteroatoms. The first-order valence-corrected chi connectivity index (χ1v) is 7.37. The Labute approximate surface area is 136 Å². The van der Waals surface area contributed by atoms with Gasteiger partial charge in [0.25, 0.3) is 5.91 Å². The van der Waals surface area contributed by atoms with E-state index in [0.717, 1.165) is 5.56 Å². The highest BCUT2D eigenvalue weighted by Gasteiger charge is 2.31. The molecular formula is C17H24N2O4. The van der Waals surface area contributed by atoms with E-state index in [1.165, 1.54) is 0 Å². The zero-order valence-corrected chi connectivity index (χ0v) is 14.2. The first kappa shape index (κ1) is 18.7. The number of hydrogen-bond acceptors (Lipinski definition) is 4. The number of imide groups is 1. The van der Waals surface area contributed by atoms with E-state index in [1.807, 2.05) is 30.3 Å². The molecule has 0 atom stereocenters. The summed E-state index contributed by atoms with van der Waals surface area (Å²) >= 11 is 0. The minimum absolute atomic E-state index is 0.462. The number of carbonyl (C=O) groups is 3. The van der Waals surface area contributed by atoms with Gasteiger partial charge in [0.2, 0.25) is 0 Å². The van der Waals surface area contributed by atoms with Gasteiger partial charge in [-0.3, -0.25) is 14.9 Å². The number of rotatable bonds is 4. The summed E-state index contributed by atoms with van der Waals surface area (Å²) in [5.41, 5.74) is -0.554. The molecule has 0 radical (unpaired) electrons. The second kappa shape index (κ2) is 7.26. The van der Waals surface area contributed by atoms with Crippen LogP contribution >= 0.6 is 0 Å². The van der Waals surface area contributed by atoms with Crippen molar-refractivity contribution in [3.63, 3.8) is 0 Å². The van der Waals surface area contributed by atoms with Crippen molar-refractivity contribution in [3.05, 3.63) is 35.9 Å². The Morgan fingerprint density at radius 1 is 1.00 bits per heavy atom. The van der Waals surface area contributed by atoms with Crippen molar-refractivity contribution in [1.29, 1.82) is 0 Å². The number of benzene rings is 1. The fourth-order valence-corrected chi connectivity index (χ4v) is 1.82. The van der Waals surface area contributed by atoms with Crippen molar-refractivity contribution < 1.29 is 19.1 Å². The highest BCUT2D eigenvalue weighted by molar-refractivity contribution is 5.96. The Morgan fingerprint density at radius 2 is 1.57 bits per heavy atom. The van der Waals surface area contributed by atoms with Gasteiger partial charge in [0.05, 0.1) is 5.41 Å². The summed E-state index contributed by atoms with van der Waals surface area (Å²) in [6, 6.07) is 8.52. The Hall–Kier alpha value is -2.37. The molecule has 2 N–H and O–H groups in total. The van der Waals surface area contributed by atoms with Gasteiger partial charge >= 0.3 is 12.0 Å². The molecule has 0 spiro atoms. The zero-order valence-electron chi connectivity index (χ0n) is 14.2. The molecule has 6 nitrogen and oxygen atoms in total. The first-order valence-electron chi connectivity index (χ1n) is 7.37. The lowest BCUT2D eigenvalue weighted by atomic mass is 9.85. The number of amides is 3. The maximum absolute atomic E-state index is 12.2. The lowest BCUT2D eigenvalue weighted by molar-refractivity contribution is -0.153. The van der Waals surface area contributed by atoms with Crippen molar-refractivity contribution in [2.24, 2.45) is 0 Å². The summed E-state index contributed by atoms with van der Waals surface area (Å²) in [6.45, 7) is 8.30. The van der Waals surface area contributed by atoms with Crippen molar-refractivity contribution in [2.75, 3.05) is 6.61 Å². The number of ether oxygens (including phenoxy) is 1. The maximum atomic E-state index is 12.2. The molecule has 0 aliphatic carbocycles. The van der Waals surface area contributed by atoms with E-state index in [4.69, 9.17) is 4.74 Å². The second-order valence-electron chi connectivity index (χ2n) is 6.82. The van der Waals surface area contributed by atoms with Crippen LogP contribution in [0.25, 0.3) is 0 Å². The summed E-state index contributed by atoms with van der Waals surface area (Å²) in [6.07, 6.45) is 0. The molecule has 0 unspecified atom stereocenters. The Morgan fingerprint density at radius 3 is 2.09 bits per heavy atom. The molecule has 0 aromatic heterocycles. The predicted octanol–water partition coefficient (Wildman–Crippen LogP) is 2.13. The molecule has 0 aliphatic heterocycles. The van der Waals surface area contributed by atoms with Crippen molar-refractivity contribution in [1.82, 2.24) is 10.6 Å². The van der Waals surface area contributed by atoms with Gasteiger partial charge in [0, 0.05) is 5.54 Å². The molecule has 0 bridgehead atoms. The van der Waals surface area contributed by atoms with E-state index in [-0.39, 0.29) is 0 Å². The molecule has 0 heterocycles. The standard InChI is InChI=1S/C17H24N2O4/c1-16(2,3)19-15(22)18-13(20)11-23-14(21)17(4,5)12-9-7-6-8-10-12/h6-10H,11H2,1-5H3,(H2,18,19,20,22). The third kappa shape index (κ3) is 6.10. The lowest BCUT2D eigenvalue weighted by Gasteiger charge is -2.23. The van der Waals surface area contributed by atoms with Crippen LogP contribution in [0.5, 0.6) is 0 Å². The summed E-state index contributed by atoms with van der Waals surface area (Å²) in [5, 5.41) is 4.70. The molecule has 0 saturated carbocycles. The fourth-order valence-electron chi connectivity index (χ4n) is 1.82. The van der Waals surface area contributed by atoms with E-state index < -0.39 is 35.5 Å². The van der Waals surface area contributed by atoms with Crippen molar-refractivity contribution >= 4 is 17.9 Å². The van der Waals surface area contributed by atoms with Crippen LogP contribution in [-0.4, -0.2) is 30.1 Å². The van der Waals surface area contributed by atoms with Crippen LogP contribution in [0, 0.1) is 0 Å². The fraction of sp³-hybridized carbons (Fsp3) is 0.471. The van der Waals surface area contributed by atoms with E-state index in [9.17, 15) is 14.4 Å². The lowest BCUT2D eigenvalue weighted by Crippen LogP contribution is -2.49. The van der Waals surface area contributed by atoms with Gasteiger partial charge in [-0.05, 0) is 40.2 Å². The van der Waals surface area contributed by atoms with Gasteiger partial charge in [-0.1, -0.05) is 30.3 Å². The van der Waals surface area contributed by atoms with Gasteiger partial charge in [-0.15, -0.1) is 0 Å². The molecular weight excluding hydrogens is 296 g/mol. The molecule has 0 aliphatic rings. The highest BCUT2D eigenvalue weighted by Crippen LogP contribution is 2.24. The zero-order chi connectivity index (χ0) is 17.7. The number of nitrogens with one attached hydrogen (secondary N) is 2. The number of esters is 1. The average Bonchev–Trinajstić information content (AvgIpc) is 2.43. The molecule has 0 fully saturated rings. The number of urea groups is 1. The quantitative estimate of drug-likeness (QED) is 0.832. The largest absolute Gasteiger partial charge is 0.455 e. The van der Waals surface area contributed by atoms with E-state index in [0.29, 0.717) is 0 Å². The van der Waals surface area contributed by atoms with Crippen LogP contribution in [0.2, 0.25) is 0 Å². The van der Waals surface area contributed by atoms with Crippen molar-refractivity contribution in [3.8, 4) is 0 Å². The van der Waals surface area contributed by atoms with Crippen LogP contribution < -0.4 is 10.6 Å². The van der Waals surface area contributed by atoms with Crippen LogP contribution in [0.3, 0.4) is 0 Å². The first-order chi connectivity index (χ1) is 10.5. The Kier molecular flexibility index (Phi) is 5.90.